The minimum absolute atomic E-state index is 0.640. The van der Waals surface area contributed by atoms with Crippen LogP contribution in [0.15, 0.2) is 29.8 Å². The van der Waals surface area contributed by atoms with Gasteiger partial charge in [-0.1, -0.05) is 17.7 Å². The molecule has 0 N–H and O–H groups in total. The maximum absolute atomic E-state index is 5.79. The van der Waals surface area contributed by atoms with Gasteiger partial charge in [0.15, 0.2) is 0 Å². The van der Waals surface area contributed by atoms with E-state index < -0.39 is 0 Å². The Hall–Kier alpha value is -0.930. The molecular weight excluding hydrogens is 204 g/mol. The molecule has 0 atom stereocenters. The molecule has 2 rings (SSSR count). The van der Waals surface area contributed by atoms with Crippen LogP contribution >= 0.6 is 22.9 Å². The van der Waals surface area contributed by atoms with Crippen LogP contribution in [0.5, 0.6) is 0 Å². The van der Waals surface area contributed by atoms with Gasteiger partial charge >= 0.3 is 0 Å². The van der Waals surface area contributed by atoms with Gasteiger partial charge in [-0.3, -0.25) is 0 Å². The molecule has 0 radical (unpaired) electrons. The second-order valence-corrected chi connectivity index (χ2v) is 4.09. The lowest BCUT2D eigenvalue weighted by Crippen LogP contribution is -1.91. The summed E-state index contributed by atoms with van der Waals surface area (Å²) in [4.78, 5) is 1.27. The smallest absolute Gasteiger partial charge is 0.0697 e. The van der Waals surface area contributed by atoms with E-state index in [-0.39, 0.29) is 0 Å². The third-order valence-electron chi connectivity index (χ3n) is 1.61. The fourth-order valence-corrected chi connectivity index (χ4v) is 1.95. The summed E-state index contributed by atoms with van der Waals surface area (Å²) < 4.78 is 0. The van der Waals surface area contributed by atoms with Gasteiger partial charge in [0.05, 0.1) is 16.9 Å². The summed E-state index contributed by atoms with van der Waals surface area (Å²) in [6.45, 7) is 0. The summed E-state index contributed by atoms with van der Waals surface area (Å²) in [6.07, 6.45) is 2.35. The zero-order chi connectivity index (χ0) is 9.10. The Balaban J connectivity index is 2.19. The molecule has 4 heteroatoms. The van der Waals surface area contributed by atoms with Gasteiger partial charge in [-0.05, 0) is 17.5 Å². The molecule has 0 aliphatic rings. The van der Waals surface area contributed by atoms with Crippen molar-refractivity contribution in [3.63, 3.8) is 0 Å². The first kappa shape index (κ1) is 8.66. The van der Waals surface area contributed by atoms with E-state index in [2.05, 4.69) is 16.3 Å². The van der Waals surface area contributed by atoms with Crippen LogP contribution in [0, 0.1) is 0 Å². The topological polar surface area (TPSA) is 25.8 Å². The number of aromatic nitrogens is 2. The minimum Gasteiger partial charge on any atom is -0.157 e. The van der Waals surface area contributed by atoms with Crippen molar-refractivity contribution in [1.82, 2.24) is 10.2 Å². The molecular formula is C9H7ClN2S. The number of nitrogens with zero attached hydrogens (tertiary/aromatic N) is 2. The van der Waals surface area contributed by atoms with Crippen LogP contribution in [0.1, 0.15) is 10.6 Å². The van der Waals surface area contributed by atoms with Crippen LogP contribution in [0.4, 0.5) is 0 Å². The van der Waals surface area contributed by atoms with E-state index in [0.29, 0.717) is 5.02 Å². The van der Waals surface area contributed by atoms with Gasteiger partial charge in [0.1, 0.15) is 0 Å². The molecule has 0 amide bonds. The van der Waals surface area contributed by atoms with Gasteiger partial charge in [0, 0.05) is 11.3 Å². The molecule has 13 heavy (non-hydrogen) atoms. The predicted molar refractivity (Wildman–Crippen MR) is 54.2 cm³/mol. The summed E-state index contributed by atoms with van der Waals surface area (Å²) in [5, 5.41) is 10.5. The molecule has 2 heterocycles. The van der Waals surface area contributed by atoms with Crippen LogP contribution < -0.4 is 0 Å². The molecule has 0 spiro atoms. The van der Waals surface area contributed by atoms with Crippen molar-refractivity contribution >= 4 is 22.9 Å². The lowest BCUT2D eigenvalue weighted by Gasteiger charge is -1.96. The van der Waals surface area contributed by atoms with Crippen molar-refractivity contribution in [3.8, 4) is 0 Å². The van der Waals surface area contributed by atoms with Crippen molar-refractivity contribution in [3.05, 3.63) is 45.4 Å². The second-order valence-electron chi connectivity index (χ2n) is 2.62. The zero-order valence-electron chi connectivity index (χ0n) is 6.77. The molecule has 0 saturated heterocycles. The average Bonchev–Trinajstić information content (AvgIpc) is 2.57. The maximum atomic E-state index is 5.79. The van der Waals surface area contributed by atoms with E-state index in [9.17, 15) is 0 Å². The lowest BCUT2D eigenvalue weighted by atomic mass is 10.2. The summed E-state index contributed by atoms with van der Waals surface area (Å²) in [7, 11) is 0. The average molecular weight is 211 g/mol. The first-order valence-corrected chi connectivity index (χ1v) is 5.10. The van der Waals surface area contributed by atoms with E-state index in [1.54, 1.807) is 17.5 Å². The fourth-order valence-electron chi connectivity index (χ4n) is 1.06. The highest BCUT2D eigenvalue weighted by atomic mass is 35.5. The van der Waals surface area contributed by atoms with Gasteiger partial charge in [-0.15, -0.1) is 11.3 Å². The van der Waals surface area contributed by atoms with E-state index >= 15 is 0 Å². The Kier molecular flexibility index (Phi) is 2.57. The monoisotopic (exact) mass is 210 g/mol. The van der Waals surface area contributed by atoms with Gasteiger partial charge in [-0.2, -0.15) is 10.2 Å². The van der Waals surface area contributed by atoms with E-state index in [0.717, 1.165) is 12.1 Å². The lowest BCUT2D eigenvalue weighted by molar-refractivity contribution is 0.944. The first-order valence-electron chi connectivity index (χ1n) is 3.84. The van der Waals surface area contributed by atoms with Crippen LogP contribution in [-0.2, 0) is 6.42 Å². The Morgan fingerprint density at radius 1 is 1.46 bits per heavy atom. The van der Waals surface area contributed by atoms with Crippen LogP contribution in [0.25, 0.3) is 0 Å². The molecule has 0 fully saturated rings. The van der Waals surface area contributed by atoms with Crippen molar-refractivity contribution in [2.75, 3.05) is 0 Å². The van der Waals surface area contributed by atoms with E-state index in [1.807, 2.05) is 17.5 Å². The fraction of sp³-hybridized carbons (Fsp3) is 0.111. The van der Waals surface area contributed by atoms with Crippen molar-refractivity contribution in [2.24, 2.45) is 0 Å². The molecule has 66 valence electrons. The van der Waals surface area contributed by atoms with E-state index in [1.165, 1.54) is 4.88 Å². The molecule has 0 aliphatic heterocycles. The van der Waals surface area contributed by atoms with Crippen LogP contribution in [-0.4, -0.2) is 10.2 Å². The molecule has 2 aromatic rings. The molecule has 0 bridgehead atoms. The highest BCUT2D eigenvalue weighted by Gasteiger charge is 1.99. The normalized spacial score (nSPS) is 10.2. The quantitative estimate of drug-likeness (QED) is 0.762. The second kappa shape index (κ2) is 3.85. The Labute approximate surface area is 85.2 Å². The predicted octanol–water partition coefficient (Wildman–Crippen LogP) is 2.78. The summed E-state index contributed by atoms with van der Waals surface area (Å²) in [6, 6.07) is 5.94. The number of thiophene rings is 1. The summed E-state index contributed by atoms with van der Waals surface area (Å²) in [5.41, 5.74) is 0.912. The molecule has 0 aliphatic carbocycles. The first-order chi connectivity index (χ1) is 6.34. The highest BCUT2D eigenvalue weighted by Crippen LogP contribution is 2.14. The number of hydrogen-bond donors (Lipinski definition) is 0. The summed E-state index contributed by atoms with van der Waals surface area (Å²) in [5.74, 6) is 0. The van der Waals surface area contributed by atoms with Crippen molar-refractivity contribution in [1.29, 1.82) is 0 Å². The molecule has 2 nitrogen and oxygen atoms in total. The molecule has 0 unspecified atom stereocenters. The number of hydrogen-bond acceptors (Lipinski definition) is 3. The highest BCUT2D eigenvalue weighted by molar-refractivity contribution is 7.09. The maximum Gasteiger partial charge on any atom is 0.0697 e. The van der Waals surface area contributed by atoms with Gasteiger partial charge in [0.2, 0.25) is 0 Å². The van der Waals surface area contributed by atoms with Gasteiger partial charge in [0.25, 0.3) is 0 Å². The minimum atomic E-state index is 0.640. The largest absolute Gasteiger partial charge is 0.157 e. The Bertz CT molecular complexity index is 386. The molecule has 0 aromatic carbocycles. The Morgan fingerprint density at radius 3 is 3.08 bits per heavy atom. The Morgan fingerprint density at radius 2 is 2.38 bits per heavy atom. The van der Waals surface area contributed by atoms with Gasteiger partial charge in [-0.25, -0.2) is 0 Å². The number of rotatable bonds is 2. The third kappa shape index (κ3) is 2.26. The SMILES string of the molecule is Clc1cnnc(Cc2cccs2)c1. The number of halogens is 1. The van der Waals surface area contributed by atoms with Crippen molar-refractivity contribution in [2.45, 2.75) is 6.42 Å². The van der Waals surface area contributed by atoms with E-state index in [4.69, 9.17) is 11.6 Å². The summed E-state index contributed by atoms with van der Waals surface area (Å²) >= 11 is 7.50. The molecule has 2 aromatic heterocycles. The van der Waals surface area contributed by atoms with Crippen LogP contribution in [0.2, 0.25) is 5.02 Å². The zero-order valence-corrected chi connectivity index (χ0v) is 8.35. The molecule has 0 saturated carbocycles. The third-order valence-corrected chi connectivity index (χ3v) is 2.69. The van der Waals surface area contributed by atoms with Gasteiger partial charge < -0.3 is 0 Å². The van der Waals surface area contributed by atoms with Crippen molar-refractivity contribution < 1.29 is 0 Å². The standard InChI is InChI=1S/C9H7ClN2S/c10-7-4-8(12-11-6-7)5-9-2-1-3-13-9/h1-4,6H,5H2. The van der Waals surface area contributed by atoms with Crippen LogP contribution in [0.3, 0.4) is 0 Å².